The Balaban J connectivity index is 1.29. The average molecular weight is 468 g/mol. The van der Waals surface area contributed by atoms with E-state index in [-0.39, 0.29) is 0 Å². The van der Waals surface area contributed by atoms with Gasteiger partial charge in [0, 0.05) is 35.9 Å². The van der Waals surface area contributed by atoms with Crippen LogP contribution in [0.3, 0.4) is 0 Å². The molecule has 35 heavy (non-hydrogen) atoms. The molecule has 8 heteroatoms. The number of nitrogens with zero attached hydrogens (tertiary/aromatic N) is 6. The lowest BCUT2D eigenvalue weighted by atomic mass is 10.0. The first kappa shape index (κ1) is 21.8. The minimum atomic E-state index is 0.490. The van der Waals surface area contributed by atoms with E-state index in [0.717, 1.165) is 85.5 Å². The normalized spacial score (nSPS) is 14.7. The summed E-state index contributed by atoms with van der Waals surface area (Å²) >= 11 is 0. The van der Waals surface area contributed by atoms with Gasteiger partial charge in [0.15, 0.2) is 5.82 Å². The minimum Gasteiger partial charge on any atom is -0.382 e. The third-order valence-electron chi connectivity index (χ3n) is 6.72. The largest absolute Gasteiger partial charge is 0.382 e. The first-order valence-corrected chi connectivity index (χ1v) is 12.2. The standard InChI is InChI=1S/C27H29N7O/c28-27-26-24(16-23(34(26)30-19-29-27)7-4-10-32-11-13-35-14-12-32)21-8-9-22-18-33(31-25(22)15-21)17-20-5-2-1-3-6-20/h1-3,5-6,8-9,15-16,18-19H,4,7,10-14,17H2,(H2,28,29,30). The van der Waals surface area contributed by atoms with Crippen LogP contribution in [-0.4, -0.2) is 62.1 Å². The Labute approximate surface area is 203 Å². The van der Waals surface area contributed by atoms with Gasteiger partial charge in [0.25, 0.3) is 0 Å². The second-order valence-corrected chi connectivity index (χ2v) is 9.10. The van der Waals surface area contributed by atoms with Gasteiger partial charge in [0.2, 0.25) is 0 Å². The molecule has 0 spiro atoms. The molecule has 1 fully saturated rings. The fraction of sp³-hybridized carbons (Fsp3) is 0.296. The van der Waals surface area contributed by atoms with Crippen molar-refractivity contribution in [2.24, 2.45) is 0 Å². The molecule has 0 atom stereocenters. The summed E-state index contributed by atoms with van der Waals surface area (Å²) in [6, 6.07) is 19.0. The van der Waals surface area contributed by atoms with E-state index in [2.05, 4.69) is 69.7 Å². The summed E-state index contributed by atoms with van der Waals surface area (Å²) in [5.41, 5.74) is 12.6. The Morgan fingerprint density at radius 3 is 2.71 bits per heavy atom. The van der Waals surface area contributed by atoms with Gasteiger partial charge in [-0.3, -0.25) is 9.58 Å². The summed E-state index contributed by atoms with van der Waals surface area (Å²) in [6.07, 6.45) is 5.60. The van der Waals surface area contributed by atoms with E-state index in [1.54, 1.807) is 0 Å². The van der Waals surface area contributed by atoms with E-state index in [9.17, 15) is 0 Å². The lowest BCUT2D eigenvalue weighted by Crippen LogP contribution is -2.37. The quantitative estimate of drug-likeness (QED) is 0.393. The van der Waals surface area contributed by atoms with Gasteiger partial charge in [0.1, 0.15) is 11.8 Å². The monoisotopic (exact) mass is 467 g/mol. The number of nitrogens with two attached hydrogens (primary N) is 1. The number of fused-ring (bicyclic) bond motifs is 2. The number of aromatic nitrogens is 5. The molecule has 1 aliphatic rings. The maximum absolute atomic E-state index is 6.34. The topological polar surface area (TPSA) is 86.5 Å². The van der Waals surface area contributed by atoms with Gasteiger partial charge >= 0.3 is 0 Å². The summed E-state index contributed by atoms with van der Waals surface area (Å²) in [5.74, 6) is 0.490. The van der Waals surface area contributed by atoms with Crippen molar-refractivity contribution >= 4 is 22.2 Å². The lowest BCUT2D eigenvalue weighted by molar-refractivity contribution is 0.0374. The third-order valence-corrected chi connectivity index (χ3v) is 6.72. The predicted octanol–water partition coefficient (Wildman–Crippen LogP) is 3.64. The molecule has 2 N–H and O–H groups in total. The molecule has 0 saturated carbocycles. The van der Waals surface area contributed by atoms with Crippen molar-refractivity contribution in [2.75, 3.05) is 38.6 Å². The average Bonchev–Trinajstić information content (AvgIpc) is 3.46. The van der Waals surface area contributed by atoms with E-state index in [4.69, 9.17) is 15.6 Å². The number of hydrogen-bond acceptors (Lipinski definition) is 6. The SMILES string of the molecule is Nc1ncnn2c(CCCN3CCOCC3)cc(-c3ccc4cn(Cc5ccccc5)nc4c3)c12. The molecule has 3 aromatic heterocycles. The van der Waals surface area contributed by atoms with Crippen LogP contribution in [0.4, 0.5) is 5.82 Å². The third kappa shape index (κ3) is 4.50. The number of benzene rings is 2. The van der Waals surface area contributed by atoms with Crippen LogP contribution in [0.2, 0.25) is 0 Å². The second kappa shape index (κ2) is 9.48. The molecule has 4 heterocycles. The zero-order valence-corrected chi connectivity index (χ0v) is 19.7. The Morgan fingerprint density at radius 1 is 1.00 bits per heavy atom. The number of nitrogen functional groups attached to an aromatic ring is 1. The first-order chi connectivity index (χ1) is 17.2. The molecular formula is C27H29N7O. The summed E-state index contributed by atoms with van der Waals surface area (Å²) in [7, 11) is 0. The van der Waals surface area contributed by atoms with E-state index >= 15 is 0 Å². The van der Waals surface area contributed by atoms with Gasteiger partial charge in [-0.05, 0) is 42.6 Å². The summed E-state index contributed by atoms with van der Waals surface area (Å²) in [6.45, 7) is 5.46. The number of morpholine rings is 1. The molecule has 0 radical (unpaired) electrons. The van der Waals surface area contributed by atoms with Gasteiger partial charge < -0.3 is 10.5 Å². The van der Waals surface area contributed by atoms with Gasteiger partial charge in [0.05, 0.1) is 25.3 Å². The lowest BCUT2D eigenvalue weighted by Gasteiger charge is -2.26. The van der Waals surface area contributed by atoms with Crippen molar-refractivity contribution in [3.8, 4) is 11.1 Å². The van der Waals surface area contributed by atoms with E-state index < -0.39 is 0 Å². The Kier molecular flexibility index (Phi) is 5.89. The molecule has 6 rings (SSSR count). The van der Waals surface area contributed by atoms with Crippen molar-refractivity contribution in [1.82, 2.24) is 29.3 Å². The Morgan fingerprint density at radius 2 is 1.86 bits per heavy atom. The fourth-order valence-corrected chi connectivity index (χ4v) is 4.93. The molecule has 0 amide bonds. The molecule has 0 bridgehead atoms. The summed E-state index contributed by atoms with van der Waals surface area (Å²) in [5, 5.41) is 10.5. The van der Waals surface area contributed by atoms with Crippen molar-refractivity contribution in [3.63, 3.8) is 0 Å². The molecule has 2 aromatic carbocycles. The highest BCUT2D eigenvalue weighted by atomic mass is 16.5. The maximum atomic E-state index is 6.34. The van der Waals surface area contributed by atoms with Gasteiger partial charge in [-0.1, -0.05) is 42.5 Å². The van der Waals surface area contributed by atoms with Crippen LogP contribution >= 0.6 is 0 Å². The van der Waals surface area contributed by atoms with Crippen molar-refractivity contribution in [3.05, 3.63) is 78.4 Å². The van der Waals surface area contributed by atoms with Crippen molar-refractivity contribution < 1.29 is 4.74 Å². The summed E-state index contributed by atoms with van der Waals surface area (Å²) < 4.78 is 9.42. The highest BCUT2D eigenvalue weighted by Crippen LogP contribution is 2.32. The number of hydrogen-bond donors (Lipinski definition) is 1. The van der Waals surface area contributed by atoms with Gasteiger partial charge in [-0.2, -0.15) is 10.2 Å². The molecule has 1 aliphatic heterocycles. The van der Waals surface area contributed by atoms with Crippen LogP contribution in [0.1, 0.15) is 17.7 Å². The van der Waals surface area contributed by atoms with E-state index in [1.807, 2.05) is 15.3 Å². The van der Waals surface area contributed by atoms with Crippen LogP contribution < -0.4 is 5.73 Å². The van der Waals surface area contributed by atoms with Crippen LogP contribution in [0.15, 0.2) is 67.1 Å². The molecule has 0 unspecified atom stereocenters. The minimum absolute atomic E-state index is 0.490. The summed E-state index contributed by atoms with van der Waals surface area (Å²) in [4.78, 5) is 6.74. The molecule has 1 saturated heterocycles. The van der Waals surface area contributed by atoms with Crippen molar-refractivity contribution in [2.45, 2.75) is 19.4 Å². The molecule has 5 aromatic rings. The van der Waals surface area contributed by atoms with Crippen LogP contribution in [0, 0.1) is 0 Å². The zero-order chi connectivity index (χ0) is 23.6. The number of anilines is 1. The van der Waals surface area contributed by atoms with Gasteiger partial charge in [-0.25, -0.2) is 9.50 Å². The highest BCUT2D eigenvalue weighted by molar-refractivity contribution is 5.92. The van der Waals surface area contributed by atoms with Crippen LogP contribution in [0.5, 0.6) is 0 Å². The number of ether oxygens (including phenoxy) is 1. The smallest absolute Gasteiger partial charge is 0.151 e. The Hall–Kier alpha value is -3.75. The highest BCUT2D eigenvalue weighted by Gasteiger charge is 2.17. The van der Waals surface area contributed by atoms with Crippen molar-refractivity contribution in [1.29, 1.82) is 0 Å². The Bertz CT molecular complexity index is 1450. The van der Waals surface area contributed by atoms with Gasteiger partial charge in [-0.15, -0.1) is 0 Å². The zero-order valence-electron chi connectivity index (χ0n) is 19.7. The molecule has 8 nitrogen and oxygen atoms in total. The fourth-order valence-electron chi connectivity index (χ4n) is 4.93. The van der Waals surface area contributed by atoms with E-state index in [1.165, 1.54) is 11.9 Å². The molecule has 0 aliphatic carbocycles. The number of rotatable bonds is 7. The van der Waals surface area contributed by atoms with E-state index in [0.29, 0.717) is 5.82 Å². The molecular weight excluding hydrogens is 438 g/mol. The maximum Gasteiger partial charge on any atom is 0.151 e. The predicted molar refractivity (Wildman–Crippen MR) is 137 cm³/mol. The van der Waals surface area contributed by atoms with Crippen LogP contribution in [0.25, 0.3) is 27.5 Å². The molecule has 178 valence electrons. The first-order valence-electron chi connectivity index (χ1n) is 12.2. The number of aryl methyl sites for hydroxylation is 1. The van der Waals surface area contributed by atoms with Crippen LogP contribution in [-0.2, 0) is 17.7 Å². The second-order valence-electron chi connectivity index (χ2n) is 9.10.